The zero-order valence-electron chi connectivity index (χ0n) is 9.99. The Hall–Kier alpha value is -1.36. The van der Waals surface area contributed by atoms with Crippen LogP contribution in [0.15, 0.2) is 12.7 Å². The fourth-order valence-corrected chi connectivity index (χ4v) is 0.447. The molecule has 1 amide bonds. The third-order valence-corrected chi connectivity index (χ3v) is 0.872. The van der Waals surface area contributed by atoms with E-state index in [1.807, 2.05) is 0 Å². The number of nitrogens with zero attached hydrogens (tertiary/aromatic N) is 1. The third kappa shape index (κ3) is 108. The molecule has 0 aliphatic carbocycles. The molecule has 0 spiro atoms. The van der Waals surface area contributed by atoms with Crippen LogP contribution in [0.3, 0.4) is 0 Å². The van der Waals surface area contributed by atoms with E-state index >= 15 is 0 Å². The highest BCUT2D eigenvalue weighted by molar-refractivity contribution is 5.84. The van der Waals surface area contributed by atoms with Gasteiger partial charge in [-0.1, -0.05) is 13.5 Å². The molecule has 0 aromatic rings. The second-order valence-corrected chi connectivity index (χ2v) is 2.93. The Bertz CT molecular complexity index is 176. The molecule has 5 heteroatoms. The molecule has 0 atom stereocenters. The first-order valence-corrected chi connectivity index (χ1v) is 4.54. The lowest BCUT2D eigenvalue weighted by Crippen LogP contribution is -2.11. The number of hydrogen-bond donors (Lipinski definition) is 2. The summed E-state index contributed by atoms with van der Waals surface area (Å²) in [7, 11) is 4.17. The highest BCUT2D eigenvalue weighted by Crippen LogP contribution is 1.76. The molecule has 0 unspecified atom stereocenters. The topological polar surface area (TPSA) is 83.6 Å². The largest absolute Gasteiger partial charge is 0.481 e. The van der Waals surface area contributed by atoms with Crippen molar-refractivity contribution in [2.75, 3.05) is 20.6 Å². The maximum absolute atomic E-state index is 9.47. The number of aliphatic carboxylic acids is 1. The van der Waals surface area contributed by atoms with Gasteiger partial charge in [0.2, 0.25) is 5.91 Å². The molecule has 15 heavy (non-hydrogen) atoms. The minimum absolute atomic E-state index is 0.481. The maximum atomic E-state index is 9.47. The van der Waals surface area contributed by atoms with Crippen molar-refractivity contribution in [3.63, 3.8) is 0 Å². The molecule has 0 fully saturated rings. The van der Waals surface area contributed by atoms with Crippen LogP contribution < -0.4 is 5.73 Å². The highest BCUT2D eigenvalue weighted by Gasteiger charge is 1.79. The summed E-state index contributed by atoms with van der Waals surface area (Å²) in [5, 5.41) is 7.42. The molecule has 5 nitrogen and oxygen atoms in total. The SMILES string of the molecule is C=CC(N)=O.CC(=O)O.CCCN(C)C. The van der Waals surface area contributed by atoms with Crippen molar-refractivity contribution in [3.8, 4) is 0 Å². The summed E-state index contributed by atoms with van der Waals surface area (Å²) >= 11 is 0. The predicted octanol–water partition coefficient (Wildman–Crippen LogP) is 0.707. The number of nitrogens with two attached hydrogens (primary N) is 1. The van der Waals surface area contributed by atoms with Gasteiger partial charge in [-0.3, -0.25) is 9.59 Å². The number of carboxylic acid groups (broad SMARTS) is 1. The summed E-state index contributed by atoms with van der Waals surface area (Å²) in [4.78, 5) is 20.7. The molecule has 90 valence electrons. The van der Waals surface area contributed by atoms with Crippen LogP contribution in [0.5, 0.6) is 0 Å². The van der Waals surface area contributed by atoms with E-state index in [1.165, 1.54) is 13.0 Å². The molecule has 3 N–H and O–H groups in total. The Morgan fingerprint density at radius 1 is 1.47 bits per heavy atom. The Kier molecular flexibility index (Phi) is 19.4. The first-order chi connectivity index (χ1) is 6.77. The first kappa shape index (κ1) is 19.2. The Labute approximate surface area is 91.6 Å². The first-order valence-electron chi connectivity index (χ1n) is 4.54. The molecule has 0 aromatic carbocycles. The lowest BCUT2D eigenvalue weighted by atomic mass is 10.5. The van der Waals surface area contributed by atoms with Gasteiger partial charge in [0.05, 0.1) is 0 Å². The van der Waals surface area contributed by atoms with E-state index in [9.17, 15) is 4.79 Å². The standard InChI is InChI=1S/C5H13N.C3H5NO.C2H4O2/c1-4-5-6(2)3;1-2-3(4)5;1-2(3)4/h4-5H2,1-3H3;2H,1H2,(H2,4,5);1H3,(H,3,4). The van der Waals surface area contributed by atoms with Crippen molar-refractivity contribution in [3.05, 3.63) is 12.7 Å². The van der Waals surface area contributed by atoms with Gasteiger partial charge in [-0.05, 0) is 33.1 Å². The molecule has 0 heterocycles. The molecule has 0 saturated carbocycles. The zero-order chi connectivity index (χ0) is 12.9. The molecular weight excluding hydrogens is 196 g/mol. The Morgan fingerprint density at radius 3 is 1.73 bits per heavy atom. The fourth-order valence-electron chi connectivity index (χ4n) is 0.447. The molecule has 0 saturated heterocycles. The van der Waals surface area contributed by atoms with Gasteiger partial charge in [0.25, 0.3) is 5.97 Å². The minimum atomic E-state index is -0.833. The van der Waals surface area contributed by atoms with Crippen molar-refractivity contribution in [1.82, 2.24) is 4.90 Å². The average Bonchev–Trinajstić information content (AvgIpc) is 2.03. The molecule has 0 aliphatic heterocycles. The van der Waals surface area contributed by atoms with Crippen molar-refractivity contribution >= 4 is 11.9 Å². The molecular formula is C10H22N2O3. The summed E-state index contributed by atoms with van der Waals surface area (Å²) < 4.78 is 0. The molecule has 0 radical (unpaired) electrons. The summed E-state index contributed by atoms with van der Waals surface area (Å²) in [6.45, 7) is 7.56. The summed E-state index contributed by atoms with van der Waals surface area (Å²) in [5.74, 6) is -1.31. The van der Waals surface area contributed by atoms with Crippen LogP contribution in [0.25, 0.3) is 0 Å². The number of rotatable bonds is 3. The number of primary amides is 1. The van der Waals surface area contributed by atoms with Gasteiger partial charge in [0.1, 0.15) is 0 Å². The zero-order valence-corrected chi connectivity index (χ0v) is 9.99. The lowest BCUT2D eigenvalue weighted by Gasteiger charge is -2.03. The van der Waals surface area contributed by atoms with Crippen molar-refractivity contribution in [2.24, 2.45) is 5.73 Å². The van der Waals surface area contributed by atoms with Crippen molar-refractivity contribution in [1.29, 1.82) is 0 Å². The Balaban J connectivity index is -0.000000147. The normalized spacial score (nSPS) is 7.80. The molecule has 0 bridgehead atoms. The van der Waals surface area contributed by atoms with Gasteiger partial charge in [0, 0.05) is 6.92 Å². The quantitative estimate of drug-likeness (QED) is 0.683. The van der Waals surface area contributed by atoms with E-state index in [-0.39, 0.29) is 0 Å². The second kappa shape index (κ2) is 15.1. The summed E-state index contributed by atoms with van der Waals surface area (Å²) in [5.41, 5.74) is 4.53. The van der Waals surface area contributed by atoms with Crippen LogP contribution >= 0.6 is 0 Å². The van der Waals surface area contributed by atoms with E-state index in [1.54, 1.807) is 0 Å². The van der Waals surface area contributed by atoms with E-state index in [2.05, 4.69) is 38.2 Å². The van der Waals surface area contributed by atoms with Crippen LogP contribution in [0.2, 0.25) is 0 Å². The number of carbonyl (C=O) groups is 2. The monoisotopic (exact) mass is 218 g/mol. The van der Waals surface area contributed by atoms with E-state index in [0.717, 1.165) is 13.0 Å². The van der Waals surface area contributed by atoms with Crippen LogP contribution in [0, 0.1) is 0 Å². The van der Waals surface area contributed by atoms with Crippen LogP contribution in [0.1, 0.15) is 20.3 Å². The predicted molar refractivity (Wildman–Crippen MR) is 61.5 cm³/mol. The molecule has 0 rings (SSSR count). The van der Waals surface area contributed by atoms with E-state index in [4.69, 9.17) is 9.90 Å². The highest BCUT2D eigenvalue weighted by atomic mass is 16.4. The Morgan fingerprint density at radius 2 is 1.73 bits per heavy atom. The minimum Gasteiger partial charge on any atom is -0.481 e. The van der Waals surface area contributed by atoms with Gasteiger partial charge in [0.15, 0.2) is 0 Å². The van der Waals surface area contributed by atoms with Crippen LogP contribution in [0.4, 0.5) is 0 Å². The smallest absolute Gasteiger partial charge is 0.300 e. The average molecular weight is 218 g/mol. The lowest BCUT2D eigenvalue weighted by molar-refractivity contribution is -0.134. The van der Waals surface area contributed by atoms with Gasteiger partial charge in [-0.25, -0.2) is 0 Å². The van der Waals surface area contributed by atoms with Crippen molar-refractivity contribution < 1.29 is 14.7 Å². The van der Waals surface area contributed by atoms with E-state index in [0.29, 0.717) is 0 Å². The van der Waals surface area contributed by atoms with Gasteiger partial charge < -0.3 is 15.7 Å². The van der Waals surface area contributed by atoms with Crippen LogP contribution in [-0.4, -0.2) is 42.5 Å². The van der Waals surface area contributed by atoms with Crippen molar-refractivity contribution in [2.45, 2.75) is 20.3 Å². The number of carboxylic acids is 1. The second-order valence-electron chi connectivity index (χ2n) is 2.93. The summed E-state index contributed by atoms with van der Waals surface area (Å²) in [6, 6.07) is 0. The molecule has 0 aliphatic rings. The number of carbonyl (C=O) groups excluding carboxylic acids is 1. The third-order valence-electron chi connectivity index (χ3n) is 0.872. The van der Waals surface area contributed by atoms with Gasteiger partial charge in [-0.2, -0.15) is 0 Å². The molecule has 0 aromatic heterocycles. The number of hydrogen-bond acceptors (Lipinski definition) is 3. The number of amides is 1. The van der Waals surface area contributed by atoms with E-state index < -0.39 is 11.9 Å². The van der Waals surface area contributed by atoms with Gasteiger partial charge in [-0.15, -0.1) is 0 Å². The van der Waals surface area contributed by atoms with Gasteiger partial charge >= 0.3 is 0 Å². The van der Waals surface area contributed by atoms with Crippen LogP contribution in [-0.2, 0) is 9.59 Å². The fraction of sp³-hybridized carbons (Fsp3) is 0.600. The summed E-state index contributed by atoms with van der Waals surface area (Å²) in [6.07, 6.45) is 2.31. The maximum Gasteiger partial charge on any atom is 0.300 e.